The van der Waals surface area contributed by atoms with Crippen molar-refractivity contribution in [3.8, 4) is 0 Å². The highest BCUT2D eigenvalue weighted by Gasteiger charge is 2.17. The molecule has 0 radical (unpaired) electrons. The molecule has 0 amide bonds. The fraction of sp³-hybridized carbons (Fsp3) is 0.154. The molecule has 0 atom stereocenters. The van der Waals surface area contributed by atoms with E-state index in [1.165, 1.54) is 13.2 Å². The lowest BCUT2D eigenvalue weighted by molar-refractivity contribution is 0.185. The third-order valence-electron chi connectivity index (χ3n) is 2.64. The first-order chi connectivity index (χ1) is 9.94. The number of hydrogen-bond acceptors (Lipinski definition) is 4. The number of sulfonamides is 1. The van der Waals surface area contributed by atoms with Gasteiger partial charge in [-0.15, -0.1) is 0 Å². The molecule has 2 aromatic rings. The minimum atomic E-state index is -3.80. The molecular weight excluding hydrogens is 335 g/mol. The summed E-state index contributed by atoms with van der Waals surface area (Å²) in [5, 5.41) is 0.125. The van der Waals surface area contributed by atoms with Crippen LogP contribution < -0.4 is 4.72 Å². The zero-order valence-electron chi connectivity index (χ0n) is 11.0. The summed E-state index contributed by atoms with van der Waals surface area (Å²) in [6, 6.07) is 8.19. The fourth-order valence-electron chi connectivity index (χ4n) is 1.66. The van der Waals surface area contributed by atoms with E-state index in [2.05, 4.69) is 9.71 Å². The number of pyridine rings is 1. The highest BCUT2D eigenvalue weighted by Crippen LogP contribution is 2.25. The van der Waals surface area contributed by atoms with Crippen molar-refractivity contribution in [3.63, 3.8) is 0 Å². The number of ether oxygens (including phenoxy) is 1. The van der Waals surface area contributed by atoms with Crippen LogP contribution in [0.4, 0.5) is 5.69 Å². The van der Waals surface area contributed by atoms with E-state index >= 15 is 0 Å². The Balaban J connectivity index is 2.35. The second-order valence-electron chi connectivity index (χ2n) is 4.14. The Hall–Kier alpha value is -1.34. The molecule has 0 bridgehead atoms. The summed E-state index contributed by atoms with van der Waals surface area (Å²) in [6.45, 7) is 0.290. The molecule has 0 saturated heterocycles. The number of nitrogens with zero attached hydrogens (tertiary/aromatic N) is 1. The molecule has 0 aliphatic carbocycles. The lowest BCUT2D eigenvalue weighted by Gasteiger charge is -2.12. The maximum Gasteiger partial charge on any atom is 0.263 e. The minimum absolute atomic E-state index is 0.0513. The van der Waals surface area contributed by atoms with Crippen molar-refractivity contribution in [2.24, 2.45) is 0 Å². The van der Waals surface area contributed by atoms with E-state index in [4.69, 9.17) is 27.9 Å². The molecule has 0 aliphatic rings. The molecule has 0 saturated carbocycles. The van der Waals surface area contributed by atoms with Crippen LogP contribution in [0.3, 0.4) is 0 Å². The summed E-state index contributed by atoms with van der Waals surface area (Å²) < 4.78 is 32.2. The number of nitrogens with one attached hydrogen (secondary N) is 1. The second-order valence-corrected chi connectivity index (χ2v) is 6.59. The molecule has 0 spiro atoms. The first-order valence-corrected chi connectivity index (χ1v) is 8.08. The lowest BCUT2D eigenvalue weighted by Crippen LogP contribution is -2.14. The summed E-state index contributed by atoms with van der Waals surface area (Å²) in [5.41, 5.74) is 1.15. The molecule has 0 aliphatic heterocycles. The summed E-state index contributed by atoms with van der Waals surface area (Å²) in [4.78, 5) is 3.67. The maximum absolute atomic E-state index is 12.3. The molecular formula is C13H12Cl2N2O3S. The van der Waals surface area contributed by atoms with Gasteiger partial charge in [-0.3, -0.25) is 4.72 Å². The molecule has 1 heterocycles. The number of anilines is 1. The summed E-state index contributed by atoms with van der Waals surface area (Å²) >= 11 is 11.5. The molecule has 5 nitrogen and oxygen atoms in total. The third kappa shape index (κ3) is 3.85. The van der Waals surface area contributed by atoms with Crippen LogP contribution >= 0.6 is 23.2 Å². The third-order valence-corrected chi connectivity index (χ3v) is 4.66. The smallest absolute Gasteiger partial charge is 0.263 e. The van der Waals surface area contributed by atoms with Crippen molar-refractivity contribution in [2.75, 3.05) is 11.8 Å². The first-order valence-electron chi connectivity index (χ1n) is 5.85. The van der Waals surface area contributed by atoms with Gasteiger partial charge in [0.15, 0.2) is 0 Å². The molecule has 2 rings (SSSR count). The van der Waals surface area contributed by atoms with Crippen molar-refractivity contribution in [1.29, 1.82) is 0 Å². The van der Waals surface area contributed by atoms with E-state index in [9.17, 15) is 8.42 Å². The SMILES string of the molecule is COCc1ccccc1NS(=O)(=O)c1cnc(Cl)c(Cl)c1. The summed E-state index contributed by atoms with van der Waals surface area (Å²) in [5.74, 6) is 0. The van der Waals surface area contributed by atoms with Crippen LogP contribution in [-0.4, -0.2) is 20.5 Å². The van der Waals surface area contributed by atoms with Crippen molar-refractivity contribution >= 4 is 38.9 Å². The number of hydrogen-bond donors (Lipinski definition) is 1. The van der Waals surface area contributed by atoms with E-state index in [-0.39, 0.29) is 21.7 Å². The Morgan fingerprint density at radius 1 is 1.29 bits per heavy atom. The van der Waals surface area contributed by atoms with Gasteiger partial charge in [0.2, 0.25) is 0 Å². The monoisotopic (exact) mass is 346 g/mol. The van der Waals surface area contributed by atoms with Gasteiger partial charge in [-0.25, -0.2) is 13.4 Å². The van der Waals surface area contributed by atoms with Crippen LogP contribution in [-0.2, 0) is 21.4 Å². The van der Waals surface area contributed by atoms with Crippen LogP contribution in [0.25, 0.3) is 0 Å². The van der Waals surface area contributed by atoms with Crippen LogP contribution in [0.1, 0.15) is 5.56 Å². The molecule has 1 N–H and O–H groups in total. The molecule has 1 aromatic heterocycles. The fourth-order valence-corrected chi connectivity index (χ4v) is 3.06. The maximum atomic E-state index is 12.3. The van der Waals surface area contributed by atoms with Crippen molar-refractivity contribution in [1.82, 2.24) is 4.98 Å². The number of halogens is 2. The normalized spacial score (nSPS) is 11.4. The van der Waals surface area contributed by atoms with Crippen molar-refractivity contribution in [2.45, 2.75) is 11.5 Å². The standard InChI is InChI=1S/C13H12Cl2N2O3S/c1-20-8-9-4-2-3-5-12(9)17-21(18,19)10-6-11(14)13(15)16-7-10/h2-7,17H,8H2,1H3. The van der Waals surface area contributed by atoms with Crippen molar-refractivity contribution in [3.05, 3.63) is 52.3 Å². The van der Waals surface area contributed by atoms with Gasteiger partial charge in [0, 0.05) is 18.9 Å². The van der Waals surface area contributed by atoms with E-state index in [0.717, 1.165) is 11.8 Å². The number of methoxy groups -OCH3 is 1. The molecule has 1 aromatic carbocycles. The Morgan fingerprint density at radius 3 is 2.67 bits per heavy atom. The van der Waals surface area contributed by atoms with E-state index in [1.54, 1.807) is 24.3 Å². The zero-order valence-corrected chi connectivity index (χ0v) is 13.3. The second kappa shape index (κ2) is 6.62. The van der Waals surface area contributed by atoms with Crippen LogP contribution in [0.5, 0.6) is 0 Å². The van der Waals surface area contributed by atoms with E-state index in [1.807, 2.05) is 0 Å². The average Bonchev–Trinajstić information content (AvgIpc) is 2.44. The number of aromatic nitrogens is 1. The van der Waals surface area contributed by atoms with Gasteiger partial charge >= 0.3 is 0 Å². The first kappa shape index (κ1) is 16.0. The van der Waals surface area contributed by atoms with Gasteiger partial charge in [-0.05, 0) is 12.1 Å². The van der Waals surface area contributed by atoms with Gasteiger partial charge in [0.1, 0.15) is 10.0 Å². The predicted molar refractivity (Wildman–Crippen MR) is 82.2 cm³/mol. The summed E-state index contributed by atoms with van der Waals surface area (Å²) in [7, 11) is -2.27. The Morgan fingerprint density at radius 2 is 2.00 bits per heavy atom. The molecule has 21 heavy (non-hydrogen) atoms. The molecule has 112 valence electrons. The topological polar surface area (TPSA) is 68.3 Å². The Labute approximate surface area is 132 Å². The molecule has 0 unspecified atom stereocenters. The van der Waals surface area contributed by atoms with Gasteiger partial charge in [-0.2, -0.15) is 0 Å². The van der Waals surface area contributed by atoms with Gasteiger partial charge in [0.25, 0.3) is 10.0 Å². The van der Waals surface area contributed by atoms with Crippen LogP contribution in [0.15, 0.2) is 41.4 Å². The van der Waals surface area contributed by atoms with Crippen LogP contribution in [0.2, 0.25) is 10.2 Å². The zero-order chi connectivity index (χ0) is 15.5. The predicted octanol–water partition coefficient (Wildman–Crippen LogP) is 3.34. The van der Waals surface area contributed by atoms with E-state index in [0.29, 0.717) is 5.69 Å². The van der Waals surface area contributed by atoms with Crippen molar-refractivity contribution < 1.29 is 13.2 Å². The minimum Gasteiger partial charge on any atom is -0.380 e. The highest BCUT2D eigenvalue weighted by molar-refractivity contribution is 7.92. The molecule has 0 fully saturated rings. The van der Waals surface area contributed by atoms with Crippen LogP contribution in [0, 0.1) is 0 Å². The van der Waals surface area contributed by atoms with Gasteiger partial charge in [-0.1, -0.05) is 41.4 Å². The lowest BCUT2D eigenvalue weighted by atomic mass is 10.2. The average molecular weight is 347 g/mol. The Bertz CT molecular complexity index is 751. The largest absolute Gasteiger partial charge is 0.380 e. The number of para-hydroxylation sites is 1. The summed E-state index contributed by atoms with van der Waals surface area (Å²) in [6.07, 6.45) is 1.15. The quantitative estimate of drug-likeness (QED) is 0.843. The Kier molecular flexibility index (Phi) is 5.05. The van der Waals surface area contributed by atoms with Gasteiger partial charge in [0.05, 0.1) is 17.3 Å². The molecule has 8 heteroatoms. The van der Waals surface area contributed by atoms with Gasteiger partial charge < -0.3 is 4.74 Å². The number of benzene rings is 1. The van der Waals surface area contributed by atoms with E-state index < -0.39 is 10.0 Å². The number of rotatable bonds is 5. The highest BCUT2D eigenvalue weighted by atomic mass is 35.5.